The fourth-order valence-electron chi connectivity index (χ4n) is 0.381. The summed E-state index contributed by atoms with van der Waals surface area (Å²) >= 11 is 0. The summed E-state index contributed by atoms with van der Waals surface area (Å²) in [5.41, 5.74) is 1.00. The van der Waals surface area contributed by atoms with Crippen LogP contribution in [0.25, 0.3) is 0 Å². The third-order valence-corrected chi connectivity index (χ3v) is 1.08. The predicted molar refractivity (Wildman–Crippen MR) is 35.5 cm³/mol. The van der Waals surface area contributed by atoms with Gasteiger partial charge in [-0.2, -0.15) is 0 Å². The van der Waals surface area contributed by atoms with E-state index < -0.39 is 0 Å². The normalized spacial score (nSPS) is 11.2. The molecule has 0 aliphatic carbocycles. The van der Waals surface area contributed by atoms with Gasteiger partial charge in [0.15, 0.2) is 0 Å². The lowest BCUT2D eigenvalue weighted by atomic mass is 10.2. The van der Waals surface area contributed by atoms with Crippen molar-refractivity contribution < 1.29 is 9.53 Å². The Bertz CT molecular complexity index is 125. The predicted octanol–water partition coefficient (Wildman–Crippen LogP) is 1.68. The van der Waals surface area contributed by atoms with E-state index >= 15 is 0 Å². The van der Waals surface area contributed by atoms with Gasteiger partial charge in [0.1, 0.15) is 7.11 Å². The van der Waals surface area contributed by atoms with E-state index in [-0.39, 0.29) is 5.97 Å². The van der Waals surface area contributed by atoms with E-state index in [1.807, 2.05) is 19.9 Å². The molecule has 2 nitrogen and oxygen atoms in total. The monoisotopic (exact) mass is 127 g/mol. The molecule has 9 heavy (non-hydrogen) atoms. The number of hydrogen-bond donors (Lipinski definition) is 0. The van der Waals surface area contributed by atoms with E-state index in [0.717, 1.165) is 5.57 Å². The van der Waals surface area contributed by atoms with Crippen molar-refractivity contribution in [3.8, 4) is 0 Å². The number of ether oxygens (including phenoxy) is 1. The second-order valence-electron chi connectivity index (χ2n) is 1.83. The lowest BCUT2D eigenvalue weighted by molar-refractivity contribution is -0.137. The summed E-state index contributed by atoms with van der Waals surface area (Å²) in [4.78, 5) is 10.5. The van der Waals surface area contributed by atoms with E-state index in [9.17, 15) is 4.79 Å². The molecule has 0 aliphatic rings. The highest BCUT2D eigenvalue weighted by Crippen LogP contribution is 1.99. The Morgan fingerprint density at radius 2 is 2.33 bits per heavy atom. The maximum atomic E-state index is 10.5. The van der Waals surface area contributed by atoms with Crippen LogP contribution in [-0.2, 0) is 9.53 Å². The third kappa shape index (κ3) is 3.76. The molecule has 0 unspecified atom stereocenters. The largest absolute Gasteiger partial charge is 0.462 e. The minimum absolute atomic E-state index is 0.286. The van der Waals surface area contributed by atoms with Gasteiger partial charge in [-0.1, -0.05) is 11.6 Å². The van der Waals surface area contributed by atoms with Gasteiger partial charge in [-0.25, -0.2) is 0 Å². The van der Waals surface area contributed by atoms with Crippen LogP contribution in [-0.4, -0.2) is 5.97 Å². The molecule has 0 heterocycles. The minimum Gasteiger partial charge on any atom is -0.462 e. The van der Waals surface area contributed by atoms with E-state index in [4.69, 9.17) is 0 Å². The fourth-order valence-corrected chi connectivity index (χ4v) is 0.381. The van der Waals surface area contributed by atoms with Gasteiger partial charge in [-0.15, -0.1) is 0 Å². The van der Waals surface area contributed by atoms with Crippen LogP contribution >= 0.6 is 0 Å². The van der Waals surface area contributed by atoms with Crippen molar-refractivity contribution in [2.24, 2.45) is 0 Å². The Kier molecular flexibility index (Phi) is 3.76. The zero-order valence-corrected chi connectivity index (χ0v) is 5.81. The Hall–Kier alpha value is -0.790. The number of allylic oxidation sites excluding steroid dienone is 1. The molecule has 0 aromatic rings. The molecule has 1 radical (unpaired) electrons. The lowest BCUT2D eigenvalue weighted by Gasteiger charge is -1.95. The lowest BCUT2D eigenvalue weighted by Crippen LogP contribution is -1.98. The van der Waals surface area contributed by atoms with Crippen molar-refractivity contribution >= 4 is 5.97 Å². The molecule has 0 saturated heterocycles. The maximum absolute atomic E-state index is 10.5. The molecule has 0 saturated carbocycles. The van der Waals surface area contributed by atoms with Crippen molar-refractivity contribution in [2.75, 3.05) is 0 Å². The van der Waals surface area contributed by atoms with Crippen molar-refractivity contribution in [2.45, 2.75) is 20.3 Å². The minimum atomic E-state index is -0.286. The average molecular weight is 127 g/mol. The van der Waals surface area contributed by atoms with E-state index in [1.165, 1.54) is 0 Å². The van der Waals surface area contributed by atoms with Crippen LogP contribution in [0.4, 0.5) is 0 Å². The smallest absolute Gasteiger partial charge is 0.310 e. The molecule has 0 fully saturated rings. The summed E-state index contributed by atoms with van der Waals surface area (Å²) in [6, 6.07) is 0. The van der Waals surface area contributed by atoms with E-state index in [0.29, 0.717) is 6.42 Å². The second-order valence-corrected chi connectivity index (χ2v) is 1.83. The van der Waals surface area contributed by atoms with Gasteiger partial charge in [0.2, 0.25) is 0 Å². The van der Waals surface area contributed by atoms with Gasteiger partial charge in [0, 0.05) is 0 Å². The molecule has 0 amide bonds. The quantitative estimate of drug-likeness (QED) is 0.416. The van der Waals surface area contributed by atoms with Crippen molar-refractivity contribution in [1.82, 2.24) is 0 Å². The molecule has 2 heteroatoms. The molecular formula is C7H11O2. The molecular weight excluding hydrogens is 116 g/mol. The zero-order chi connectivity index (χ0) is 7.28. The Morgan fingerprint density at radius 1 is 1.78 bits per heavy atom. The first kappa shape index (κ1) is 8.21. The number of hydrogen-bond acceptors (Lipinski definition) is 2. The van der Waals surface area contributed by atoms with Crippen molar-refractivity contribution in [3.05, 3.63) is 18.8 Å². The van der Waals surface area contributed by atoms with Gasteiger partial charge >= 0.3 is 5.97 Å². The molecule has 0 N–H and O–H groups in total. The van der Waals surface area contributed by atoms with Crippen LogP contribution in [0.3, 0.4) is 0 Å². The fraction of sp³-hybridized carbons (Fsp3) is 0.429. The summed E-state index contributed by atoms with van der Waals surface area (Å²) in [6.45, 7) is 3.75. The highest BCUT2D eigenvalue weighted by atomic mass is 16.5. The van der Waals surface area contributed by atoms with Crippen LogP contribution in [0.5, 0.6) is 0 Å². The molecule has 0 rings (SSSR count). The van der Waals surface area contributed by atoms with Crippen LogP contribution in [0.15, 0.2) is 11.6 Å². The van der Waals surface area contributed by atoms with Crippen molar-refractivity contribution in [1.29, 1.82) is 0 Å². The summed E-state index contributed by atoms with van der Waals surface area (Å²) in [7, 11) is 3.00. The maximum Gasteiger partial charge on any atom is 0.310 e. The number of carbonyl (C=O) groups excluding carboxylic acids is 1. The van der Waals surface area contributed by atoms with E-state index in [1.54, 1.807) is 0 Å². The Balaban J connectivity index is 3.60. The van der Waals surface area contributed by atoms with E-state index in [2.05, 4.69) is 11.8 Å². The number of esters is 1. The molecule has 0 spiro atoms. The van der Waals surface area contributed by atoms with Crippen LogP contribution in [0.2, 0.25) is 0 Å². The topological polar surface area (TPSA) is 26.3 Å². The summed E-state index contributed by atoms with van der Waals surface area (Å²) in [5, 5.41) is 0. The van der Waals surface area contributed by atoms with Crippen LogP contribution in [0, 0.1) is 7.11 Å². The standard InChI is InChI=1S/C7H11O2/c1-4-6(2)5-7(8)9-3/h4H,3,5H2,1-2H3. The zero-order valence-electron chi connectivity index (χ0n) is 5.81. The highest BCUT2D eigenvalue weighted by Gasteiger charge is 1.98. The SMILES string of the molecule is [CH2]OC(=O)CC(C)=CC. The van der Waals surface area contributed by atoms with Gasteiger partial charge < -0.3 is 4.74 Å². The average Bonchev–Trinajstić information content (AvgIpc) is 1.87. The van der Waals surface area contributed by atoms with Gasteiger partial charge in [-0.05, 0) is 13.8 Å². The first-order chi connectivity index (χ1) is 4.20. The number of rotatable bonds is 2. The Labute approximate surface area is 55.5 Å². The molecule has 0 aromatic heterocycles. The molecule has 0 aromatic carbocycles. The van der Waals surface area contributed by atoms with Crippen molar-refractivity contribution in [3.63, 3.8) is 0 Å². The molecule has 0 aliphatic heterocycles. The summed E-state index contributed by atoms with van der Waals surface area (Å²) in [5.74, 6) is -0.286. The second kappa shape index (κ2) is 4.13. The van der Waals surface area contributed by atoms with Gasteiger partial charge in [0.05, 0.1) is 6.42 Å². The summed E-state index contributed by atoms with van der Waals surface area (Å²) in [6.07, 6.45) is 2.22. The highest BCUT2D eigenvalue weighted by molar-refractivity contribution is 5.72. The first-order valence-electron chi connectivity index (χ1n) is 2.77. The first-order valence-corrected chi connectivity index (χ1v) is 2.77. The molecule has 51 valence electrons. The number of carbonyl (C=O) groups is 1. The Morgan fingerprint density at radius 3 is 2.67 bits per heavy atom. The summed E-state index contributed by atoms with van der Waals surface area (Å²) < 4.78 is 4.19. The third-order valence-electron chi connectivity index (χ3n) is 1.08. The van der Waals surface area contributed by atoms with Crippen LogP contribution in [0.1, 0.15) is 20.3 Å². The molecule has 0 atom stereocenters. The molecule has 0 bridgehead atoms. The van der Waals surface area contributed by atoms with Crippen LogP contribution < -0.4 is 0 Å². The van der Waals surface area contributed by atoms with Gasteiger partial charge in [-0.3, -0.25) is 4.79 Å². The van der Waals surface area contributed by atoms with Gasteiger partial charge in [0.25, 0.3) is 0 Å².